The standard InChI is InChI=1S/C27H27ClN6O2/c1-15-9-23-20(24-21(25(29)32-23)13-31-33(24)4)11-19(15)26(35)34(18-5-6-18)14-17-10-22(28)16(12-30-17)7-8-27(2,3)36/h9-13,18,36H,5-6,14H2,1-4H3,(H2,29,32). The van der Waals surface area contributed by atoms with Crippen molar-refractivity contribution >= 4 is 45.1 Å². The lowest BCUT2D eigenvalue weighted by atomic mass is 10.0. The third-order valence-electron chi connectivity index (χ3n) is 6.28. The maximum Gasteiger partial charge on any atom is 0.254 e. The van der Waals surface area contributed by atoms with Crippen LogP contribution in [0.4, 0.5) is 5.82 Å². The van der Waals surface area contributed by atoms with Gasteiger partial charge < -0.3 is 15.7 Å². The Balaban J connectivity index is 1.50. The molecule has 0 aliphatic heterocycles. The predicted octanol–water partition coefficient (Wildman–Crippen LogP) is 3.99. The molecule has 184 valence electrons. The molecule has 1 saturated carbocycles. The van der Waals surface area contributed by atoms with Gasteiger partial charge in [0.15, 0.2) is 0 Å². The van der Waals surface area contributed by atoms with Gasteiger partial charge in [-0.2, -0.15) is 5.10 Å². The number of nitrogen functional groups attached to an aromatic ring is 1. The number of amides is 1. The van der Waals surface area contributed by atoms with Crippen LogP contribution in [0.3, 0.4) is 0 Å². The molecule has 0 atom stereocenters. The van der Waals surface area contributed by atoms with E-state index >= 15 is 0 Å². The molecule has 3 aromatic heterocycles. The summed E-state index contributed by atoms with van der Waals surface area (Å²) in [5, 5.41) is 16.2. The van der Waals surface area contributed by atoms with Gasteiger partial charge in [-0.15, -0.1) is 0 Å². The van der Waals surface area contributed by atoms with Crippen LogP contribution in [0.1, 0.15) is 53.9 Å². The third kappa shape index (κ3) is 4.60. The number of anilines is 1. The highest BCUT2D eigenvalue weighted by atomic mass is 35.5. The summed E-state index contributed by atoms with van der Waals surface area (Å²) in [6, 6.07) is 5.69. The Hall–Kier alpha value is -3.67. The first kappa shape index (κ1) is 24.0. The minimum absolute atomic E-state index is 0.0622. The van der Waals surface area contributed by atoms with Crippen LogP contribution in [0.2, 0.25) is 5.02 Å². The van der Waals surface area contributed by atoms with Gasteiger partial charge >= 0.3 is 0 Å². The molecule has 0 bridgehead atoms. The number of fused-ring (bicyclic) bond motifs is 3. The summed E-state index contributed by atoms with van der Waals surface area (Å²) in [6.07, 6.45) is 5.18. The van der Waals surface area contributed by atoms with Crippen molar-refractivity contribution in [1.82, 2.24) is 24.6 Å². The molecule has 0 radical (unpaired) electrons. The average Bonchev–Trinajstić information content (AvgIpc) is 3.57. The van der Waals surface area contributed by atoms with E-state index in [9.17, 15) is 9.90 Å². The van der Waals surface area contributed by atoms with E-state index in [1.807, 2.05) is 31.0 Å². The number of hydrogen-bond acceptors (Lipinski definition) is 6. The number of pyridine rings is 2. The van der Waals surface area contributed by atoms with Crippen LogP contribution < -0.4 is 5.73 Å². The first-order valence-electron chi connectivity index (χ1n) is 11.7. The molecule has 36 heavy (non-hydrogen) atoms. The second kappa shape index (κ2) is 8.77. The molecule has 4 aromatic rings. The van der Waals surface area contributed by atoms with Crippen LogP contribution >= 0.6 is 11.6 Å². The van der Waals surface area contributed by atoms with E-state index in [1.54, 1.807) is 37.0 Å². The molecule has 8 nitrogen and oxygen atoms in total. The molecule has 1 aromatic carbocycles. The Kier molecular flexibility index (Phi) is 5.86. The normalized spacial score (nSPS) is 13.6. The molecular weight excluding hydrogens is 476 g/mol. The van der Waals surface area contributed by atoms with Crippen molar-refractivity contribution in [3.8, 4) is 11.8 Å². The lowest BCUT2D eigenvalue weighted by molar-refractivity contribution is 0.0727. The quantitative estimate of drug-likeness (QED) is 0.408. The molecule has 1 aliphatic rings. The number of halogens is 1. The number of nitrogens with zero attached hydrogens (tertiary/aromatic N) is 5. The van der Waals surface area contributed by atoms with E-state index in [-0.39, 0.29) is 11.9 Å². The summed E-state index contributed by atoms with van der Waals surface area (Å²) in [4.78, 5) is 24.7. The summed E-state index contributed by atoms with van der Waals surface area (Å²) < 4.78 is 1.76. The highest BCUT2D eigenvalue weighted by molar-refractivity contribution is 6.31. The van der Waals surface area contributed by atoms with Gasteiger partial charge in [0.05, 0.1) is 45.4 Å². The van der Waals surface area contributed by atoms with Crippen LogP contribution in [0.5, 0.6) is 0 Å². The number of aliphatic hydroxyl groups is 1. The fraction of sp³-hybridized carbons (Fsp3) is 0.333. The van der Waals surface area contributed by atoms with Gasteiger partial charge in [0.1, 0.15) is 11.4 Å². The summed E-state index contributed by atoms with van der Waals surface area (Å²) in [5.41, 5.74) is 9.25. The molecular formula is C27H27ClN6O2. The monoisotopic (exact) mass is 502 g/mol. The van der Waals surface area contributed by atoms with E-state index in [4.69, 9.17) is 17.3 Å². The summed E-state index contributed by atoms with van der Waals surface area (Å²) in [6.45, 7) is 5.46. The Labute approximate surface area is 214 Å². The molecule has 0 saturated heterocycles. The van der Waals surface area contributed by atoms with Crippen molar-refractivity contribution in [2.45, 2.75) is 51.8 Å². The third-order valence-corrected chi connectivity index (χ3v) is 6.59. The minimum Gasteiger partial charge on any atom is -0.383 e. The fourth-order valence-corrected chi connectivity index (χ4v) is 4.51. The second-order valence-electron chi connectivity index (χ2n) is 9.84. The van der Waals surface area contributed by atoms with E-state index in [2.05, 4.69) is 26.9 Å². The second-order valence-corrected chi connectivity index (χ2v) is 10.2. The largest absolute Gasteiger partial charge is 0.383 e. The number of aryl methyl sites for hydroxylation is 2. The van der Waals surface area contributed by atoms with Gasteiger partial charge in [-0.05, 0) is 57.4 Å². The molecule has 1 aliphatic carbocycles. The van der Waals surface area contributed by atoms with Gasteiger partial charge in [0, 0.05) is 30.2 Å². The van der Waals surface area contributed by atoms with E-state index in [1.165, 1.54) is 0 Å². The topological polar surface area (TPSA) is 110 Å². The Morgan fingerprint density at radius 2 is 2.03 bits per heavy atom. The summed E-state index contributed by atoms with van der Waals surface area (Å²) in [7, 11) is 1.85. The molecule has 5 rings (SSSR count). The Bertz CT molecular complexity index is 1590. The number of carbonyl (C=O) groups is 1. The maximum absolute atomic E-state index is 13.8. The number of rotatable bonds is 4. The molecule has 1 amide bonds. The lowest BCUT2D eigenvalue weighted by Gasteiger charge is -2.23. The molecule has 0 spiro atoms. The fourth-order valence-electron chi connectivity index (χ4n) is 4.29. The van der Waals surface area contributed by atoms with Crippen molar-refractivity contribution < 1.29 is 9.90 Å². The minimum atomic E-state index is -1.13. The smallest absolute Gasteiger partial charge is 0.254 e. The number of benzene rings is 1. The van der Waals surface area contributed by atoms with Crippen molar-refractivity contribution in [2.24, 2.45) is 7.05 Å². The number of aromatic nitrogens is 4. The first-order chi connectivity index (χ1) is 17.0. The molecule has 0 unspecified atom stereocenters. The summed E-state index contributed by atoms with van der Waals surface area (Å²) in [5.74, 6) is 5.97. The van der Waals surface area contributed by atoms with Crippen molar-refractivity contribution in [1.29, 1.82) is 0 Å². The van der Waals surface area contributed by atoms with Crippen molar-refractivity contribution in [2.75, 3.05) is 5.73 Å². The average molecular weight is 503 g/mol. The van der Waals surface area contributed by atoms with Crippen molar-refractivity contribution in [3.63, 3.8) is 0 Å². The van der Waals surface area contributed by atoms with E-state index in [0.29, 0.717) is 34.2 Å². The van der Waals surface area contributed by atoms with Gasteiger partial charge in [-0.25, -0.2) is 4.98 Å². The summed E-state index contributed by atoms with van der Waals surface area (Å²) >= 11 is 6.44. The maximum atomic E-state index is 13.8. The molecule has 3 N–H and O–H groups in total. The highest BCUT2D eigenvalue weighted by Gasteiger charge is 2.34. The van der Waals surface area contributed by atoms with Gasteiger partial charge in [-0.3, -0.25) is 14.5 Å². The van der Waals surface area contributed by atoms with Crippen LogP contribution in [0.25, 0.3) is 21.8 Å². The Morgan fingerprint density at radius 3 is 2.69 bits per heavy atom. The predicted molar refractivity (Wildman–Crippen MR) is 140 cm³/mol. The number of hydrogen-bond donors (Lipinski definition) is 2. The zero-order valence-electron chi connectivity index (χ0n) is 20.6. The highest BCUT2D eigenvalue weighted by Crippen LogP contribution is 2.33. The SMILES string of the molecule is Cc1cc2nc(N)c3cnn(C)c3c2cc1C(=O)N(Cc1cc(Cl)c(C#CC(C)(C)O)cn1)C1CC1. The van der Waals surface area contributed by atoms with Gasteiger partial charge in [0.2, 0.25) is 0 Å². The first-order valence-corrected chi connectivity index (χ1v) is 12.1. The number of carbonyl (C=O) groups excluding carboxylic acids is 1. The lowest BCUT2D eigenvalue weighted by Crippen LogP contribution is -2.33. The zero-order chi connectivity index (χ0) is 25.8. The van der Waals surface area contributed by atoms with E-state index < -0.39 is 5.60 Å². The van der Waals surface area contributed by atoms with Crippen molar-refractivity contribution in [3.05, 3.63) is 58.0 Å². The molecule has 1 fully saturated rings. The zero-order valence-corrected chi connectivity index (χ0v) is 21.4. The van der Waals surface area contributed by atoms with E-state index in [0.717, 1.165) is 40.2 Å². The van der Waals surface area contributed by atoms with Crippen LogP contribution in [-0.4, -0.2) is 47.3 Å². The molecule has 3 heterocycles. The van der Waals surface area contributed by atoms with Crippen LogP contribution in [0.15, 0.2) is 30.6 Å². The number of nitrogens with two attached hydrogens (primary N) is 1. The van der Waals surface area contributed by atoms with Crippen LogP contribution in [-0.2, 0) is 13.6 Å². The van der Waals surface area contributed by atoms with Gasteiger partial charge in [-0.1, -0.05) is 23.4 Å². The molecule has 9 heteroatoms. The van der Waals surface area contributed by atoms with Gasteiger partial charge in [0.25, 0.3) is 5.91 Å². The Morgan fingerprint density at radius 1 is 1.28 bits per heavy atom. The van der Waals surface area contributed by atoms with Crippen LogP contribution in [0, 0.1) is 18.8 Å².